The van der Waals surface area contributed by atoms with Crippen LogP contribution in [0.5, 0.6) is 5.75 Å². The third-order valence-corrected chi connectivity index (χ3v) is 3.48. The summed E-state index contributed by atoms with van der Waals surface area (Å²) in [6.07, 6.45) is 4.13. The van der Waals surface area contributed by atoms with E-state index in [4.69, 9.17) is 21.1 Å². The molecule has 0 amide bonds. The van der Waals surface area contributed by atoms with Gasteiger partial charge in [0.2, 0.25) is 0 Å². The first kappa shape index (κ1) is 18.1. The lowest BCUT2D eigenvalue weighted by Crippen LogP contribution is -2.25. The van der Waals surface area contributed by atoms with Gasteiger partial charge in [-0.3, -0.25) is 0 Å². The van der Waals surface area contributed by atoms with Gasteiger partial charge in [0.05, 0.1) is 30.5 Å². The van der Waals surface area contributed by atoms with Crippen LogP contribution in [-0.2, 0) is 4.74 Å². The number of rotatable bonds is 11. The maximum Gasteiger partial charge on any atom is 0.121 e. The van der Waals surface area contributed by atoms with Crippen LogP contribution in [0, 0.1) is 0 Å². The van der Waals surface area contributed by atoms with Crippen molar-refractivity contribution in [2.75, 3.05) is 32.2 Å². The molecule has 1 atom stereocenters. The number of halogens is 1. The molecule has 120 valence electrons. The summed E-state index contributed by atoms with van der Waals surface area (Å²) in [5.41, 5.74) is 0.748. The van der Waals surface area contributed by atoms with Gasteiger partial charge in [-0.25, -0.2) is 0 Å². The number of anilines is 1. The van der Waals surface area contributed by atoms with Crippen LogP contribution < -0.4 is 10.1 Å². The molecule has 2 N–H and O–H groups in total. The van der Waals surface area contributed by atoms with Crippen LogP contribution in [-0.4, -0.2) is 38.1 Å². The highest BCUT2D eigenvalue weighted by Gasteiger charge is 2.07. The van der Waals surface area contributed by atoms with Gasteiger partial charge >= 0.3 is 0 Å². The molecular weight excluding hydrogens is 290 g/mol. The average Bonchev–Trinajstić information content (AvgIpc) is 2.50. The van der Waals surface area contributed by atoms with E-state index in [0.717, 1.165) is 17.9 Å². The summed E-state index contributed by atoms with van der Waals surface area (Å²) in [5, 5.41) is 13.6. The van der Waals surface area contributed by atoms with Crippen LogP contribution >= 0.6 is 11.6 Å². The molecule has 0 aliphatic heterocycles. The molecule has 0 spiro atoms. The summed E-state index contributed by atoms with van der Waals surface area (Å²) >= 11 is 6.08. The van der Waals surface area contributed by atoms with Gasteiger partial charge in [0.15, 0.2) is 0 Å². The first-order valence-corrected chi connectivity index (χ1v) is 7.88. The Balaban J connectivity index is 2.22. The van der Waals surface area contributed by atoms with Gasteiger partial charge < -0.3 is 19.9 Å². The smallest absolute Gasteiger partial charge is 0.121 e. The second-order valence-corrected chi connectivity index (χ2v) is 5.42. The van der Waals surface area contributed by atoms with Crippen molar-refractivity contribution in [3.63, 3.8) is 0 Å². The lowest BCUT2D eigenvalue weighted by Gasteiger charge is -2.14. The zero-order valence-electron chi connectivity index (χ0n) is 12.9. The molecule has 1 unspecified atom stereocenters. The molecule has 0 heterocycles. The summed E-state index contributed by atoms with van der Waals surface area (Å²) in [6, 6.07) is 5.36. The van der Waals surface area contributed by atoms with Gasteiger partial charge in [0, 0.05) is 19.2 Å². The molecule has 0 aliphatic rings. The highest BCUT2D eigenvalue weighted by Crippen LogP contribution is 2.26. The van der Waals surface area contributed by atoms with Crippen molar-refractivity contribution < 1.29 is 14.6 Å². The van der Waals surface area contributed by atoms with Crippen LogP contribution in [0.2, 0.25) is 5.02 Å². The van der Waals surface area contributed by atoms with E-state index in [1.165, 1.54) is 19.3 Å². The van der Waals surface area contributed by atoms with E-state index < -0.39 is 6.10 Å². The molecule has 5 heteroatoms. The maximum atomic E-state index is 9.87. The molecule has 1 rings (SSSR count). The van der Waals surface area contributed by atoms with Crippen molar-refractivity contribution >= 4 is 17.3 Å². The third-order valence-electron chi connectivity index (χ3n) is 3.15. The number of nitrogens with one attached hydrogen (secondary N) is 1. The van der Waals surface area contributed by atoms with Crippen molar-refractivity contribution in [2.24, 2.45) is 0 Å². The van der Waals surface area contributed by atoms with Crippen molar-refractivity contribution in [1.29, 1.82) is 0 Å². The zero-order valence-corrected chi connectivity index (χ0v) is 13.7. The standard InChI is InChI=1S/C16H26ClNO3/c1-3-4-5-6-9-21-12-13(19)11-18-16-10-14(20-2)7-8-15(16)17/h7-8,10,13,18-19H,3-6,9,11-12H2,1-2H3. The van der Waals surface area contributed by atoms with E-state index in [-0.39, 0.29) is 0 Å². The molecule has 21 heavy (non-hydrogen) atoms. The molecule has 0 saturated heterocycles. The fourth-order valence-electron chi connectivity index (χ4n) is 1.90. The van der Waals surface area contributed by atoms with E-state index in [0.29, 0.717) is 24.8 Å². The van der Waals surface area contributed by atoms with Gasteiger partial charge in [0.1, 0.15) is 5.75 Å². The Labute approximate surface area is 132 Å². The minimum Gasteiger partial charge on any atom is -0.497 e. The summed E-state index contributed by atoms with van der Waals surface area (Å²) < 4.78 is 10.6. The fraction of sp³-hybridized carbons (Fsp3) is 0.625. The fourth-order valence-corrected chi connectivity index (χ4v) is 2.09. The average molecular weight is 316 g/mol. The Kier molecular flexibility index (Phi) is 9.22. The topological polar surface area (TPSA) is 50.7 Å². The molecule has 0 saturated carbocycles. The molecule has 0 radical (unpaired) electrons. The number of hydrogen-bond acceptors (Lipinski definition) is 4. The van der Waals surface area contributed by atoms with Crippen molar-refractivity contribution in [3.8, 4) is 5.75 Å². The first-order valence-electron chi connectivity index (χ1n) is 7.50. The molecule has 0 bridgehead atoms. The second kappa shape index (κ2) is 10.7. The Morgan fingerprint density at radius 1 is 1.29 bits per heavy atom. The highest BCUT2D eigenvalue weighted by molar-refractivity contribution is 6.33. The van der Waals surface area contributed by atoms with Crippen LogP contribution in [0.25, 0.3) is 0 Å². The SMILES string of the molecule is CCCCCCOCC(O)CNc1cc(OC)ccc1Cl. The van der Waals surface area contributed by atoms with E-state index in [1.807, 2.05) is 0 Å². The van der Waals surface area contributed by atoms with Crippen molar-refractivity contribution in [1.82, 2.24) is 0 Å². The van der Waals surface area contributed by atoms with Gasteiger partial charge in [0.25, 0.3) is 0 Å². The summed E-state index contributed by atoms with van der Waals surface area (Å²) in [7, 11) is 1.61. The lowest BCUT2D eigenvalue weighted by atomic mass is 10.2. The second-order valence-electron chi connectivity index (χ2n) is 5.02. The Bertz CT molecular complexity index is 401. The van der Waals surface area contributed by atoms with Gasteiger partial charge in [-0.05, 0) is 18.6 Å². The number of aliphatic hydroxyl groups is 1. The molecule has 1 aromatic carbocycles. The number of hydrogen-bond donors (Lipinski definition) is 2. The lowest BCUT2D eigenvalue weighted by molar-refractivity contribution is 0.0417. The van der Waals surface area contributed by atoms with Gasteiger partial charge in [-0.1, -0.05) is 37.8 Å². The van der Waals surface area contributed by atoms with Crippen LogP contribution in [0.4, 0.5) is 5.69 Å². The van der Waals surface area contributed by atoms with E-state index in [2.05, 4.69) is 12.2 Å². The minimum atomic E-state index is -0.557. The van der Waals surface area contributed by atoms with Gasteiger partial charge in [-0.2, -0.15) is 0 Å². The molecule has 0 aliphatic carbocycles. The highest BCUT2D eigenvalue weighted by atomic mass is 35.5. The Morgan fingerprint density at radius 2 is 2.10 bits per heavy atom. The molecule has 1 aromatic rings. The van der Waals surface area contributed by atoms with Crippen LogP contribution in [0.3, 0.4) is 0 Å². The van der Waals surface area contributed by atoms with E-state index in [9.17, 15) is 5.11 Å². The minimum absolute atomic E-state index is 0.334. The monoisotopic (exact) mass is 315 g/mol. The summed E-state index contributed by atoms with van der Waals surface area (Å²) in [5.74, 6) is 0.726. The number of methoxy groups -OCH3 is 1. The number of aliphatic hydroxyl groups excluding tert-OH is 1. The summed E-state index contributed by atoms with van der Waals surface area (Å²) in [6.45, 7) is 3.61. The normalized spacial score (nSPS) is 12.2. The zero-order chi connectivity index (χ0) is 15.5. The maximum absolute atomic E-state index is 9.87. The van der Waals surface area contributed by atoms with Crippen molar-refractivity contribution in [2.45, 2.75) is 38.7 Å². The van der Waals surface area contributed by atoms with Crippen LogP contribution in [0.15, 0.2) is 18.2 Å². The van der Waals surface area contributed by atoms with Gasteiger partial charge in [-0.15, -0.1) is 0 Å². The van der Waals surface area contributed by atoms with E-state index >= 15 is 0 Å². The predicted molar refractivity (Wildman–Crippen MR) is 87.5 cm³/mol. The number of benzene rings is 1. The number of ether oxygens (including phenoxy) is 2. The third kappa shape index (κ3) is 7.55. The molecule has 4 nitrogen and oxygen atoms in total. The van der Waals surface area contributed by atoms with Crippen LogP contribution in [0.1, 0.15) is 32.6 Å². The Hall–Kier alpha value is -0.970. The predicted octanol–water partition coefficient (Wildman–Crippen LogP) is 3.72. The largest absolute Gasteiger partial charge is 0.497 e. The van der Waals surface area contributed by atoms with E-state index in [1.54, 1.807) is 25.3 Å². The molecule has 0 fully saturated rings. The molecular formula is C16H26ClNO3. The summed E-state index contributed by atoms with van der Waals surface area (Å²) in [4.78, 5) is 0. The Morgan fingerprint density at radius 3 is 2.81 bits per heavy atom. The quantitative estimate of drug-likeness (QED) is 0.611. The van der Waals surface area contributed by atoms with Crippen molar-refractivity contribution in [3.05, 3.63) is 23.2 Å². The molecule has 0 aromatic heterocycles. The number of unbranched alkanes of at least 4 members (excludes halogenated alkanes) is 3. The first-order chi connectivity index (χ1) is 10.2.